The molecule has 6 rings (SSSR count). The average molecular weight is 674 g/mol. The summed E-state index contributed by atoms with van der Waals surface area (Å²) in [7, 11) is 0. The number of carboxylic acid groups (broad SMARTS) is 1. The fourth-order valence-corrected chi connectivity index (χ4v) is 8.26. The molecule has 0 bridgehead atoms. The van der Waals surface area contributed by atoms with E-state index >= 15 is 0 Å². The number of benzene rings is 2. The second-order valence-corrected chi connectivity index (χ2v) is 13.6. The first-order valence-electron chi connectivity index (χ1n) is 16.2. The molecule has 4 heterocycles. The van der Waals surface area contributed by atoms with Crippen LogP contribution in [0, 0.1) is 5.92 Å². The number of rotatable bonds is 6. The van der Waals surface area contributed by atoms with E-state index < -0.39 is 18.1 Å². The number of carbonyl (C=O) groups excluding carboxylic acids is 2. The van der Waals surface area contributed by atoms with Crippen molar-refractivity contribution in [1.82, 2.24) is 24.9 Å². The maximum Gasteiger partial charge on any atom is 0.407 e. The minimum absolute atomic E-state index is 0.0722. The molecule has 4 aliphatic rings. The molecule has 0 saturated carbocycles. The summed E-state index contributed by atoms with van der Waals surface area (Å²) in [4.78, 5) is 48.2. The van der Waals surface area contributed by atoms with Gasteiger partial charge in [-0.15, -0.1) is 0 Å². The highest BCUT2D eigenvalue weighted by atomic mass is 35.5. The van der Waals surface area contributed by atoms with Crippen LogP contribution in [0.3, 0.4) is 0 Å². The molecule has 3 fully saturated rings. The topological polar surface area (TPSA) is 129 Å². The summed E-state index contributed by atoms with van der Waals surface area (Å²) in [5, 5.41) is 27.1. The van der Waals surface area contributed by atoms with E-state index in [0.717, 1.165) is 50.3 Å². The molecule has 2 aromatic carbocycles. The smallest absolute Gasteiger partial charge is 0.407 e. The van der Waals surface area contributed by atoms with Gasteiger partial charge in [0.1, 0.15) is 0 Å². The Morgan fingerprint density at radius 1 is 0.935 bits per heavy atom. The van der Waals surface area contributed by atoms with Crippen molar-refractivity contribution in [3.63, 3.8) is 0 Å². The number of halogens is 2. The molecule has 248 valence electrons. The maximum atomic E-state index is 14.5. The van der Waals surface area contributed by atoms with Crippen molar-refractivity contribution in [2.24, 2.45) is 5.92 Å². The highest BCUT2D eigenvalue weighted by molar-refractivity contribution is 6.37. The molecule has 2 unspecified atom stereocenters. The van der Waals surface area contributed by atoms with E-state index in [1.807, 2.05) is 29.2 Å². The zero-order valence-corrected chi connectivity index (χ0v) is 27.3. The van der Waals surface area contributed by atoms with Crippen LogP contribution in [0.2, 0.25) is 10.0 Å². The Morgan fingerprint density at radius 2 is 1.61 bits per heavy atom. The van der Waals surface area contributed by atoms with E-state index in [2.05, 4.69) is 15.5 Å². The van der Waals surface area contributed by atoms with Crippen molar-refractivity contribution in [2.45, 2.75) is 56.7 Å². The minimum Gasteiger partial charge on any atom is -0.505 e. The number of phenolic OH excluding ortho intramolecular Hbond substituents is 1. The highest BCUT2D eigenvalue weighted by Crippen LogP contribution is 2.37. The number of hydrogen-bond donors (Lipinski definition) is 4. The summed E-state index contributed by atoms with van der Waals surface area (Å²) < 4.78 is 0. The Balaban J connectivity index is 1.26. The molecule has 0 radical (unpaired) electrons. The van der Waals surface area contributed by atoms with E-state index in [-0.39, 0.29) is 46.7 Å². The molecule has 4 amide bonds. The lowest BCUT2D eigenvalue weighted by Crippen LogP contribution is -2.59. The summed E-state index contributed by atoms with van der Waals surface area (Å²) >= 11 is 12.6. The lowest BCUT2D eigenvalue weighted by atomic mass is 9.82. The number of likely N-dealkylation sites (tertiary alicyclic amines) is 2. The molecular formula is C33H42Cl2N6O5. The van der Waals surface area contributed by atoms with Crippen molar-refractivity contribution < 1.29 is 24.6 Å². The van der Waals surface area contributed by atoms with Crippen LogP contribution in [-0.4, -0.2) is 118 Å². The molecule has 11 nitrogen and oxygen atoms in total. The first-order chi connectivity index (χ1) is 22.2. The number of aromatic hydroxyl groups is 1. The number of amides is 4. The van der Waals surface area contributed by atoms with Crippen molar-refractivity contribution in [3.05, 3.63) is 57.6 Å². The minimum atomic E-state index is -1.09. The van der Waals surface area contributed by atoms with Crippen LogP contribution >= 0.6 is 23.2 Å². The number of hydrogen-bond acceptors (Lipinski definition) is 6. The zero-order chi connectivity index (χ0) is 32.4. The third-order valence-corrected chi connectivity index (χ3v) is 10.8. The summed E-state index contributed by atoms with van der Waals surface area (Å²) in [6, 6.07) is 10.2. The van der Waals surface area contributed by atoms with Crippen LogP contribution in [0.25, 0.3) is 0 Å². The van der Waals surface area contributed by atoms with Gasteiger partial charge in [0.15, 0.2) is 5.75 Å². The van der Waals surface area contributed by atoms with E-state index in [9.17, 15) is 24.6 Å². The molecule has 3 saturated heterocycles. The number of fused-ring (bicyclic) bond motifs is 1. The van der Waals surface area contributed by atoms with E-state index in [1.165, 1.54) is 4.90 Å². The quantitative estimate of drug-likeness (QED) is 0.359. The number of piperidine rings is 2. The van der Waals surface area contributed by atoms with Gasteiger partial charge in [0, 0.05) is 76.2 Å². The Kier molecular flexibility index (Phi) is 10.1. The van der Waals surface area contributed by atoms with Gasteiger partial charge in [-0.2, -0.15) is 0 Å². The van der Waals surface area contributed by atoms with Gasteiger partial charge in [-0.25, -0.2) is 9.59 Å². The van der Waals surface area contributed by atoms with Crippen LogP contribution in [0.4, 0.5) is 15.3 Å². The summed E-state index contributed by atoms with van der Waals surface area (Å²) in [5.74, 6) is -1.08. The third kappa shape index (κ3) is 7.02. The molecule has 4 N–H and O–H groups in total. The van der Waals surface area contributed by atoms with Crippen molar-refractivity contribution >= 4 is 46.9 Å². The van der Waals surface area contributed by atoms with Crippen molar-refractivity contribution in [3.8, 4) is 5.75 Å². The number of nitrogens with zero attached hydrogens (tertiary/aromatic N) is 4. The average Bonchev–Trinajstić information content (AvgIpc) is 3.24. The van der Waals surface area contributed by atoms with Gasteiger partial charge < -0.3 is 35.5 Å². The van der Waals surface area contributed by atoms with E-state index in [0.29, 0.717) is 50.5 Å². The fourth-order valence-electron chi connectivity index (χ4n) is 7.73. The first-order valence-corrected chi connectivity index (χ1v) is 17.0. The molecule has 2 aromatic rings. The predicted molar refractivity (Wildman–Crippen MR) is 177 cm³/mol. The number of phenols is 1. The number of carbonyl (C=O) groups is 3. The van der Waals surface area contributed by atoms with E-state index in [1.54, 1.807) is 17.0 Å². The predicted octanol–water partition coefficient (Wildman–Crippen LogP) is 4.36. The zero-order valence-electron chi connectivity index (χ0n) is 25.8. The molecule has 0 aromatic heterocycles. The van der Waals surface area contributed by atoms with Gasteiger partial charge in [-0.05, 0) is 67.9 Å². The molecule has 46 heavy (non-hydrogen) atoms. The van der Waals surface area contributed by atoms with Crippen molar-refractivity contribution in [1.29, 1.82) is 0 Å². The molecule has 4 aliphatic heterocycles. The Hall–Kier alpha value is -3.25. The van der Waals surface area contributed by atoms with Gasteiger partial charge in [0.25, 0.3) is 0 Å². The summed E-state index contributed by atoms with van der Waals surface area (Å²) in [6.45, 7) is 5.81. The van der Waals surface area contributed by atoms with Crippen LogP contribution < -0.4 is 10.6 Å². The largest absolute Gasteiger partial charge is 0.505 e. The fraction of sp³-hybridized carbons (Fsp3) is 0.545. The molecule has 0 aliphatic carbocycles. The standard InChI is InChI=1S/C33H42Cl2N6O5/c34-26-18-21(19-27(35)30(26)42)17-25(31(43)39-11-6-23(7-12-39)38-15-9-36-10-16-38)29-20-24(8-14-41(29)33(45)46)40-13-5-22-3-1-2-4-28(22)37-32(40)44/h1-4,18-19,23-25,29,36,42H,5-17,20H2,(H,37,44)(H,45,46)/t24?,25?,29-/m1/s1. The van der Waals surface area contributed by atoms with Crippen LogP contribution in [-0.2, 0) is 17.6 Å². The summed E-state index contributed by atoms with van der Waals surface area (Å²) in [5.41, 5.74) is 2.47. The second-order valence-electron chi connectivity index (χ2n) is 12.8. The molecule has 0 spiro atoms. The molecular weight excluding hydrogens is 631 g/mol. The number of urea groups is 1. The third-order valence-electron chi connectivity index (χ3n) is 10.2. The Labute approximate surface area is 279 Å². The number of nitrogens with one attached hydrogen (secondary N) is 2. The number of piperazine rings is 1. The van der Waals surface area contributed by atoms with Gasteiger partial charge >= 0.3 is 12.1 Å². The number of anilines is 1. The lowest BCUT2D eigenvalue weighted by Gasteiger charge is -2.46. The first kappa shape index (κ1) is 32.7. The SMILES string of the molecule is O=C(C(Cc1cc(Cl)c(O)c(Cl)c1)[C@H]1CC(N2CCc3ccccc3NC2=O)CCN1C(=O)O)N1CCC(N2CCNCC2)CC1. The Bertz CT molecular complexity index is 1420. The van der Waals surface area contributed by atoms with Crippen LogP contribution in [0.15, 0.2) is 36.4 Å². The number of para-hydroxylation sites is 1. The van der Waals surface area contributed by atoms with Gasteiger partial charge in [0.2, 0.25) is 5.91 Å². The second kappa shape index (κ2) is 14.3. The Morgan fingerprint density at radius 3 is 2.30 bits per heavy atom. The van der Waals surface area contributed by atoms with Crippen LogP contribution in [0.5, 0.6) is 5.75 Å². The van der Waals surface area contributed by atoms with Gasteiger partial charge in [-0.1, -0.05) is 41.4 Å². The van der Waals surface area contributed by atoms with Gasteiger partial charge in [-0.3, -0.25) is 9.69 Å². The van der Waals surface area contributed by atoms with E-state index in [4.69, 9.17) is 23.2 Å². The highest BCUT2D eigenvalue weighted by Gasteiger charge is 2.44. The maximum absolute atomic E-state index is 14.5. The monoisotopic (exact) mass is 672 g/mol. The molecule has 13 heteroatoms. The van der Waals surface area contributed by atoms with Crippen molar-refractivity contribution in [2.75, 3.05) is 57.7 Å². The lowest BCUT2D eigenvalue weighted by molar-refractivity contribution is -0.140. The van der Waals surface area contributed by atoms with Crippen LogP contribution in [0.1, 0.15) is 36.8 Å². The molecule has 3 atom stereocenters. The van der Waals surface area contributed by atoms with Gasteiger partial charge in [0.05, 0.1) is 16.0 Å². The summed E-state index contributed by atoms with van der Waals surface area (Å²) in [6.07, 6.45) is 2.29. The normalized spacial score (nSPS) is 23.8.